The van der Waals surface area contributed by atoms with Gasteiger partial charge in [0.05, 0.1) is 21.0 Å². The number of aromatic nitrogens is 1. The lowest BCUT2D eigenvalue weighted by molar-refractivity contribution is -0.122. The first kappa shape index (κ1) is 29.1. The Labute approximate surface area is 242 Å². The Kier molecular flexibility index (Phi) is 9.38. The van der Waals surface area contributed by atoms with Crippen LogP contribution in [-0.2, 0) is 21.2 Å². The first-order valence-corrected chi connectivity index (χ1v) is 15.2. The lowest BCUT2D eigenvalue weighted by atomic mass is 9.88. The molecule has 206 valence electrons. The zero-order chi connectivity index (χ0) is 28.2. The fourth-order valence-electron chi connectivity index (χ4n) is 4.44. The Balaban J connectivity index is 1.47. The van der Waals surface area contributed by atoms with Crippen molar-refractivity contribution in [1.82, 2.24) is 15.6 Å². The van der Waals surface area contributed by atoms with Crippen molar-refractivity contribution in [3.63, 3.8) is 0 Å². The van der Waals surface area contributed by atoms with Gasteiger partial charge in [0, 0.05) is 49.1 Å². The number of hydrogen-bond donors (Lipinski definition) is 2. The summed E-state index contributed by atoms with van der Waals surface area (Å²) >= 11 is 18.1. The second-order valence-electron chi connectivity index (χ2n) is 9.44. The standard InChI is InChI=1S/C27H27Cl3N4O4S/c1-39(37,38)21-6-8-25(31-15-21)34-10-9-18(13-26(35)32-14-17-5-7-22(29)23(30)11-17)24(16-34)33-27(36)19-3-2-4-20(28)12-19/h2-8,11-12,15,18,24H,9-10,13-14,16H2,1H3,(H,32,35)(H,33,36). The van der Waals surface area contributed by atoms with Crippen molar-refractivity contribution in [2.75, 3.05) is 24.2 Å². The van der Waals surface area contributed by atoms with Gasteiger partial charge in [-0.2, -0.15) is 0 Å². The summed E-state index contributed by atoms with van der Waals surface area (Å²) in [6.07, 6.45) is 3.27. The molecule has 8 nitrogen and oxygen atoms in total. The Hall–Kier alpha value is -2.85. The van der Waals surface area contributed by atoms with E-state index in [2.05, 4.69) is 15.6 Å². The van der Waals surface area contributed by atoms with E-state index in [1.807, 2.05) is 4.90 Å². The molecule has 0 spiro atoms. The van der Waals surface area contributed by atoms with Gasteiger partial charge in [0.2, 0.25) is 5.91 Å². The van der Waals surface area contributed by atoms with Crippen LogP contribution in [0.2, 0.25) is 15.1 Å². The number of amides is 2. The Morgan fingerprint density at radius 2 is 1.85 bits per heavy atom. The van der Waals surface area contributed by atoms with Crippen LogP contribution in [0, 0.1) is 5.92 Å². The molecule has 0 aliphatic carbocycles. The summed E-state index contributed by atoms with van der Waals surface area (Å²) in [5.74, 6) is -0.0106. The van der Waals surface area contributed by atoms with Gasteiger partial charge < -0.3 is 15.5 Å². The van der Waals surface area contributed by atoms with Crippen LogP contribution in [0.1, 0.15) is 28.8 Å². The number of halogens is 3. The number of benzene rings is 2. The monoisotopic (exact) mass is 608 g/mol. The first-order valence-electron chi connectivity index (χ1n) is 12.2. The van der Waals surface area contributed by atoms with E-state index in [4.69, 9.17) is 34.8 Å². The molecule has 1 saturated heterocycles. The molecular weight excluding hydrogens is 583 g/mol. The molecule has 2 aromatic carbocycles. The molecule has 0 radical (unpaired) electrons. The highest BCUT2D eigenvalue weighted by atomic mass is 35.5. The minimum Gasteiger partial charge on any atom is -0.355 e. The molecule has 1 fully saturated rings. The number of hydrogen-bond acceptors (Lipinski definition) is 6. The fraction of sp³-hybridized carbons (Fsp3) is 0.296. The average Bonchev–Trinajstić information content (AvgIpc) is 2.90. The number of pyridine rings is 1. The molecule has 12 heteroatoms. The van der Waals surface area contributed by atoms with Crippen LogP contribution in [0.25, 0.3) is 0 Å². The van der Waals surface area contributed by atoms with E-state index in [0.717, 1.165) is 11.8 Å². The van der Waals surface area contributed by atoms with Crippen molar-refractivity contribution in [2.45, 2.75) is 30.3 Å². The summed E-state index contributed by atoms with van der Waals surface area (Å²) in [5.41, 5.74) is 1.24. The quantitative estimate of drug-likeness (QED) is 0.381. The van der Waals surface area contributed by atoms with Crippen LogP contribution in [0.5, 0.6) is 0 Å². The molecule has 39 heavy (non-hydrogen) atoms. The summed E-state index contributed by atoms with van der Waals surface area (Å²) in [7, 11) is -3.37. The maximum Gasteiger partial charge on any atom is 0.251 e. The number of sulfone groups is 1. The highest BCUT2D eigenvalue weighted by Gasteiger charge is 2.33. The summed E-state index contributed by atoms with van der Waals surface area (Å²) in [5, 5.41) is 7.28. The third-order valence-corrected chi connectivity index (χ3v) is 8.63. The van der Waals surface area contributed by atoms with Crippen molar-refractivity contribution in [1.29, 1.82) is 0 Å². The van der Waals surface area contributed by atoms with E-state index in [1.54, 1.807) is 48.5 Å². The predicted molar refractivity (Wildman–Crippen MR) is 153 cm³/mol. The van der Waals surface area contributed by atoms with E-state index in [9.17, 15) is 18.0 Å². The van der Waals surface area contributed by atoms with E-state index < -0.39 is 9.84 Å². The molecule has 2 atom stereocenters. The smallest absolute Gasteiger partial charge is 0.251 e. The van der Waals surface area contributed by atoms with Gasteiger partial charge in [-0.25, -0.2) is 13.4 Å². The summed E-state index contributed by atoms with van der Waals surface area (Å²) in [6.45, 7) is 1.27. The van der Waals surface area contributed by atoms with Gasteiger partial charge in [-0.3, -0.25) is 9.59 Å². The Bertz CT molecular complexity index is 1470. The number of rotatable bonds is 8. The lowest BCUT2D eigenvalue weighted by Crippen LogP contribution is -2.53. The Morgan fingerprint density at radius 3 is 2.51 bits per heavy atom. The van der Waals surface area contributed by atoms with Gasteiger partial charge in [-0.05, 0) is 60.4 Å². The highest BCUT2D eigenvalue weighted by Crippen LogP contribution is 2.26. The molecule has 0 bridgehead atoms. The van der Waals surface area contributed by atoms with Crippen molar-refractivity contribution >= 4 is 62.3 Å². The minimum atomic E-state index is -3.37. The van der Waals surface area contributed by atoms with Gasteiger partial charge in [0.25, 0.3) is 5.91 Å². The van der Waals surface area contributed by atoms with Crippen LogP contribution in [0.15, 0.2) is 65.7 Å². The van der Waals surface area contributed by atoms with Gasteiger partial charge in [0.15, 0.2) is 9.84 Å². The summed E-state index contributed by atoms with van der Waals surface area (Å²) < 4.78 is 23.6. The molecule has 3 aromatic rings. The number of piperidine rings is 1. The third kappa shape index (κ3) is 7.85. The van der Waals surface area contributed by atoms with Crippen molar-refractivity contribution in [3.8, 4) is 0 Å². The zero-order valence-electron chi connectivity index (χ0n) is 21.0. The van der Waals surface area contributed by atoms with Gasteiger partial charge >= 0.3 is 0 Å². The van der Waals surface area contributed by atoms with Crippen LogP contribution < -0.4 is 15.5 Å². The van der Waals surface area contributed by atoms with Crippen molar-refractivity contribution < 1.29 is 18.0 Å². The van der Waals surface area contributed by atoms with Crippen LogP contribution in [-0.4, -0.2) is 50.6 Å². The second-order valence-corrected chi connectivity index (χ2v) is 12.7. The highest BCUT2D eigenvalue weighted by molar-refractivity contribution is 7.90. The van der Waals surface area contributed by atoms with Gasteiger partial charge in [-0.15, -0.1) is 0 Å². The number of anilines is 1. The zero-order valence-corrected chi connectivity index (χ0v) is 24.1. The molecule has 1 aromatic heterocycles. The molecule has 0 saturated carbocycles. The molecule has 1 aliphatic rings. The van der Waals surface area contributed by atoms with Gasteiger partial charge in [-0.1, -0.05) is 46.9 Å². The molecule has 2 N–H and O–H groups in total. The van der Waals surface area contributed by atoms with E-state index in [-0.39, 0.29) is 35.1 Å². The molecule has 1 aliphatic heterocycles. The van der Waals surface area contributed by atoms with E-state index in [1.165, 1.54) is 12.3 Å². The van der Waals surface area contributed by atoms with Gasteiger partial charge in [0.1, 0.15) is 5.82 Å². The number of carbonyl (C=O) groups excluding carboxylic acids is 2. The molecule has 4 rings (SSSR count). The second kappa shape index (κ2) is 12.6. The molecule has 2 amide bonds. The maximum atomic E-state index is 13.1. The third-order valence-electron chi connectivity index (χ3n) is 6.55. The summed E-state index contributed by atoms with van der Waals surface area (Å²) in [4.78, 5) is 32.4. The minimum absolute atomic E-state index is 0.130. The normalized spacial score (nSPS) is 17.5. The predicted octanol–water partition coefficient (Wildman–Crippen LogP) is 4.78. The average molecular weight is 610 g/mol. The van der Waals surface area contributed by atoms with E-state index >= 15 is 0 Å². The maximum absolute atomic E-state index is 13.1. The van der Waals surface area contributed by atoms with Crippen molar-refractivity contribution in [2.24, 2.45) is 5.92 Å². The molecule has 2 heterocycles. The SMILES string of the molecule is CS(=O)(=O)c1ccc(N2CCC(CC(=O)NCc3ccc(Cl)c(Cl)c3)C(NC(=O)c3cccc(Cl)c3)C2)nc1. The van der Waals surface area contributed by atoms with Crippen molar-refractivity contribution in [3.05, 3.63) is 87.0 Å². The topological polar surface area (TPSA) is 108 Å². The van der Waals surface area contributed by atoms with Crippen LogP contribution >= 0.6 is 34.8 Å². The number of nitrogens with zero attached hydrogens (tertiary/aromatic N) is 2. The molecular formula is C27H27Cl3N4O4S. The largest absolute Gasteiger partial charge is 0.355 e. The van der Waals surface area contributed by atoms with Crippen LogP contribution in [0.3, 0.4) is 0 Å². The number of carbonyl (C=O) groups is 2. The van der Waals surface area contributed by atoms with E-state index in [0.29, 0.717) is 52.5 Å². The Morgan fingerprint density at radius 1 is 1.05 bits per heavy atom. The summed E-state index contributed by atoms with van der Waals surface area (Å²) in [6, 6.07) is 14.6. The first-order chi connectivity index (χ1) is 18.5. The number of nitrogens with one attached hydrogen (secondary N) is 2. The van der Waals surface area contributed by atoms with Crippen LogP contribution in [0.4, 0.5) is 5.82 Å². The fourth-order valence-corrected chi connectivity index (χ4v) is 5.51. The lowest BCUT2D eigenvalue weighted by Gasteiger charge is -2.39. The molecule has 2 unspecified atom stereocenters.